The molecule has 45 heavy (non-hydrogen) atoms. The van der Waals surface area contributed by atoms with Crippen LogP contribution in [0.2, 0.25) is 0 Å². The quantitative estimate of drug-likeness (QED) is 0.257. The van der Waals surface area contributed by atoms with Crippen LogP contribution in [0, 0.1) is 11.6 Å². The summed E-state index contributed by atoms with van der Waals surface area (Å²) in [5, 5.41) is 22.8. The summed E-state index contributed by atoms with van der Waals surface area (Å²) in [7, 11) is -2.36. The largest absolute Gasteiger partial charge is 0.503 e. The number of alkyl halides is 3. The average molecular weight is 655 g/mol. The molecule has 0 unspecified atom stereocenters. The normalized spacial score (nSPS) is 16.4. The number of fused-ring (bicyclic) bond motifs is 1. The van der Waals surface area contributed by atoms with Crippen LogP contribution in [-0.4, -0.2) is 80.1 Å². The first-order valence-corrected chi connectivity index (χ1v) is 15.3. The van der Waals surface area contributed by atoms with Crippen LogP contribution in [0.4, 0.5) is 27.9 Å². The number of phenols is 1. The number of sulfonamides is 1. The van der Waals surface area contributed by atoms with Crippen LogP contribution in [0.25, 0.3) is 22.3 Å². The summed E-state index contributed by atoms with van der Waals surface area (Å²) in [4.78, 5) is 21.6. The van der Waals surface area contributed by atoms with Gasteiger partial charge in [-0.15, -0.1) is 0 Å². The Kier molecular flexibility index (Phi) is 8.68. The smallest absolute Gasteiger partial charge is 0.419 e. The van der Waals surface area contributed by atoms with E-state index in [1.54, 1.807) is 4.90 Å². The molecule has 1 atom stereocenters. The number of phenolic OH excluding ortho intramolecular Hbond substituents is 1. The summed E-state index contributed by atoms with van der Waals surface area (Å²) < 4.78 is 97.9. The van der Waals surface area contributed by atoms with E-state index in [1.165, 1.54) is 22.2 Å². The number of aryl methyl sites for hydroxylation is 1. The number of piperazine rings is 1. The Hall–Kier alpha value is -4.38. The summed E-state index contributed by atoms with van der Waals surface area (Å²) in [6.45, 7) is 0.253. The van der Waals surface area contributed by atoms with E-state index in [4.69, 9.17) is 5.11 Å². The molecule has 4 aromatic rings. The van der Waals surface area contributed by atoms with Gasteiger partial charge in [0.2, 0.25) is 16.0 Å². The number of carbonyl (C=O) groups is 1. The Labute approximate surface area is 253 Å². The maximum Gasteiger partial charge on any atom is 0.419 e. The average Bonchev–Trinajstić information content (AvgIpc) is 3.30. The molecule has 1 aliphatic heterocycles. The molecule has 5 rings (SSSR count). The minimum atomic E-state index is -5.22. The Morgan fingerprint density at radius 3 is 2.49 bits per heavy atom. The second kappa shape index (κ2) is 12.2. The van der Waals surface area contributed by atoms with Gasteiger partial charge >= 0.3 is 12.1 Å². The lowest BCUT2D eigenvalue weighted by Crippen LogP contribution is -2.56. The lowest BCUT2D eigenvalue weighted by atomic mass is 10.0. The highest BCUT2D eigenvalue weighted by Gasteiger charge is 2.39. The molecular formula is C28H27F5N6O5S. The molecule has 0 aliphatic carbocycles. The van der Waals surface area contributed by atoms with Crippen LogP contribution in [-0.2, 0) is 34.5 Å². The van der Waals surface area contributed by atoms with E-state index >= 15 is 0 Å². The zero-order valence-corrected chi connectivity index (χ0v) is 24.5. The van der Waals surface area contributed by atoms with Crippen molar-refractivity contribution < 1.29 is 45.4 Å². The fraction of sp³-hybridized carbons (Fsp3) is 0.357. The number of aromatic hydroxyl groups is 1. The van der Waals surface area contributed by atoms with E-state index < -0.39 is 56.7 Å². The number of anilines is 1. The molecule has 3 heterocycles. The fourth-order valence-electron chi connectivity index (χ4n) is 5.31. The molecular weight excluding hydrogens is 627 g/mol. The number of halogens is 5. The standard InChI is InChI=1S/C28H27F5N6O5S/c1-37-26-19(24(36-37)18-13-20(28(31,32)33)23(30)25(42)22(18)29)14-34-27(35-26)39-10-9-38(45(43,44)11-5-8-21(40)41)15-17(39)12-16-6-3-2-4-7-16/h2-4,6-7,13-14,17,42H,5,8-12,15H2,1H3,(H,40,41)/t17-/m1/s1. The van der Waals surface area contributed by atoms with Gasteiger partial charge in [-0.3, -0.25) is 4.79 Å². The number of hydrogen-bond donors (Lipinski definition) is 2. The maximum absolute atomic E-state index is 14.9. The molecule has 0 bridgehead atoms. The molecule has 2 aromatic heterocycles. The SMILES string of the molecule is Cn1nc(-c2cc(C(F)(F)F)c(F)c(O)c2F)c2cnc(N3CCN(S(=O)(=O)CCCC(=O)O)C[C@H]3Cc3ccccc3)nc21. The van der Waals surface area contributed by atoms with Crippen molar-refractivity contribution in [1.82, 2.24) is 24.1 Å². The lowest BCUT2D eigenvalue weighted by molar-refractivity contribution is -0.140. The Morgan fingerprint density at radius 2 is 1.82 bits per heavy atom. The summed E-state index contributed by atoms with van der Waals surface area (Å²) >= 11 is 0. The van der Waals surface area contributed by atoms with Crippen LogP contribution in [0.1, 0.15) is 24.0 Å². The number of rotatable bonds is 9. The third-order valence-electron chi connectivity index (χ3n) is 7.51. The third kappa shape index (κ3) is 6.54. The van der Waals surface area contributed by atoms with Crippen LogP contribution in [0.3, 0.4) is 0 Å². The Bertz CT molecular complexity index is 1850. The predicted molar refractivity (Wildman–Crippen MR) is 152 cm³/mol. The van der Waals surface area contributed by atoms with Crippen LogP contribution in [0.15, 0.2) is 42.6 Å². The lowest BCUT2D eigenvalue weighted by Gasteiger charge is -2.41. The van der Waals surface area contributed by atoms with Gasteiger partial charge in [-0.25, -0.2) is 26.9 Å². The molecule has 11 nitrogen and oxygen atoms in total. The molecule has 1 aliphatic rings. The minimum absolute atomic E-state index is 0.0264. The van der Waals surface area contributed by atoms with Gasteiger partial charge in [0.25, 0.3) is 0 Å². The van der Waals surface area contributed by atoms with Crippen molar-refractivity contribution in [2.24, 2.45) is 7.05 Å². The minimum Gasteiger partial charge on any atom is -0.503 e. The van der Waals surface area contributed by atoms with Crippen LogP contribution in [0.5, 0.6) is 5.75 Å². The van der Waals surface area contributed by atoms with Crippen molar-refractivity contribution >= 4 is 33.0 Å². The first kappa shape index (κ1) is 32.0. The number of aromatic nitrogens is 4. The highest BCUT2D eigenvalue weighted by atomic mass is 32.2. The topological polar surface area (TPSA) is 142 Å². The van der Waals surface area contributed by atoms with E-state index in [0.717, 1.165) is 5.56 Å². The van der Waals surface area contributed by atoms with Crippen molar-refractivity contribution in [2.45, 2.75) is 31.5 Å². The van der Waals surface area contributed by atoms with Gasteiger partial charge in [-0.2, -0.15) is 27.6 Å². The molecule has 240 valence electrons. The summed E-state index contributed by atoms with van der Waals surface area (Å²) in [6.07, 6.45) is -3.94. The highest BCUT2D eigenvalue weighted by Crippen LogP contribution is 2.41. The molecule has 2 N–H and O–H groups in total. The molecule has 17 heteroatoms. The number of carboxylic acids is 1. The maximum atomic E-state index is 14.9. The predicted octanol–water partition coefficient (Wildman–Crippen LogP) is 3.96. The number of carboxylic acid groups (broad SMARTS) is 1. The van der Waals surface area contributed by atoms with Crippen molar-refractivity contribution in [3.8, 4) is 17.0 Å². The summed E-state index contributed by atoms with van der Waals surface area (Å²) in [5.41, 5.74) is -2.03. The fourth-order valence-corrected chi connectivity index (χ4v) is 6.83. The monoisotopic (exact) mass is 654 g/mol. The van der Waals surface area contributed by atoms with Gasteiger partial charge in [-0.05, 0) is 24.5 Å². The van der Waals surface area contributed by atoms with Crippen molar-refractivity contribution in [1.29, 1.82) is 0 Å². The molecule has 1 fully saturated rings. The number of nitrogens with zero attached hydrogens (tertiary/aromatic N) is 6. The molecule has 0 radical (unpaired) electrons. The van der Waals surface area contributed by atoms with Gasteiger partial charge < -0.3 is 15.1 Å². The van der Waals surface area contributed by atoms with E-state index in [2.05, 4.69) is 15.1 Å². The van der Waals surface area contributed by atoms with Gasteiger partial charge in [0, 0.05) is 50.9 Å². The zero-order chi connectivity index (χ0) is 32.7. The first-order chi connectivity index (χ1) is 21.2. The number of aliphatic carboxylic acids is 1. The third-order valence-corrected chi connectivity index (χ3v) is 9.43. The number of benzene rings is 2. The molecule has 2 aromatic carbocycles. The van der Waals surface area contributed by atoms with Gasteiger partial charge in [0.15, 0.2) is 23.0 Å². The highest BCUT2D eigenvalue weighted by molar-refractivity contribution is 7.89. The van der Waals surface area contributed by atoms with E-state index in [0.29, 0.717) is 6.42 Å². The van der Waals surface area contributed by atoms with E-state index in [1.807, 2.05) is 30.3 Å². The summed E-state index contributed by atoms with van der Waals surface area (Å²) in [6, 6.07) is 9.00. The molecule has 0 amide bonds. The summed E-state index contributed by atoms with van der Waals surface area (Å²) in [5.74, 6) is -6.84. The Morgan fingerprint density at radius 1 is 1.11 bits per heavy atom. The van der Waals surface area contributed by atoms with Gasteiger partial charge in [0.1, 0.15) is 5.69 Å². The number of hydrogen-bond acceptors (Lipinski definition) is 8. The van der Waals surface area contributed by atoms with Gasteiger partial charge in [-0.1, -0.05) is 30.3 Å². The van der Waals surface area contributed by atoms with Crippen molar-refractivity contribution in [2.75, 3.05) is 30.3 Å². The zero-order valence-electron chi connectivity index (χ0n) is 23.7. The van der Waals surface area contributed by atoms with E-state index in [-0.39, 0.29) is 67.0 Å². The first-order valence-electron chi connectivity index (χ1n) is 13.7. The van der Waals surface area contributed by atoms with Crippen LogP contribution >= 0.6 is 0 Å². The molecule has 0 saturated carbocycles. The second-order valence-corrected chi connectivity index (χ2v) is 12.6. The van der Waals surface area contributed by atoms with Crippen molar-refractivity contribution in [3.63, 3.8) is 0 Å². The van der Waals surface area contributed by atoms with Crippen molar-refractivity contribution in [3.05, 3.63) is 65.4 Å². The molecule has 1 saturated heterocycles. The second-order valence-electron chi connectivity index (χ2n) is 10.5. The Balaban J connectivity index is 1.51. The van der Waals surface area contributed by atoms with Gasteiger partial charge in [0.05, 0.1) is 16.7 Å². The van der Waals surface area contributed by atoms with E-state index in [9.17, 15) is 40.3 Å². The molecule has 0 spiro atoms. The van der Waals surface area contributed by atoms with Crippen LogP contribution < -0.4 is 4.90 Å².